The Labute approximate surface area is 81.9 Å². The van der Waals surface area contributed by atoms with E-state index in [1.165, 1.54) is 0 Å². The van der Waals surface area contributed by atoms with Crippen molar-refractivity contribution in [2.75, 3.05) is 0 Å². The van der Waals surface area contributed by atoms with Crippen molar-refractivity contribution in [2.24, 2.45) is 11.7 Å². The lowest BCUT2D eigenvalue weighted by Crippen LogP contribution is -2.46. The Morgan fingerprint density at radius 2 is 1.79 bits per heavy atom. The molecule has 1 atom stereocenters. The fraction of sp³-hybridized carbons (Fsp3) is 0.455. The first-order chi connectivity index (χ1) is 6.65. The van der Waals surface area contributed by atoms with Crippen molar-refractivity contribution in [2.45, 2.75) is 24.8 Å². The molecule has 0 radical (unpaired) electrons. The summed E-state index contributed by atoms with van der Waals surface area (Å²) in [6, 6.07) is 8.68. The van der Waals surface area contributed by atoms with E-state index in [9.17, 15) is 8.78 Å². The van der Waals surface area contributed by atoms with Gasteiger partial charge in [-0.25, -0.2) is 8.78 Å². The Bertz CT molecular complexity index is 304. The third kappa shape index (κ3) is 1.42. The van der Waals surface area contributed by atoms with Crippen LogP contribution in [0.4, 0.5) is 8.78 Å². The molecule has 1 nitrogen and oxygen atoms in total. The van der Waals surface area contributed by atoms with E-state index in [0.29, 0.717) is 5.56 Å². The SMILES string of the molecule is NC(c1ccccc1)(C(F)F)C1CC1. The van der Waals surface area contributed by atoms with Crippen LogP contribution in [0, 0.1) is 5.92 Å². The minimum absolute atomic E-state index is 0.0510. The second kappa shape index (κ2) is 3.31. The molecule has 0 aliphatic heterocycles. The number of nitrogens with two attached hydrogens (primary N) is 1. The van der Waals surface area contributed by atoms with E-state index in [1.54, 1.807) is 24.3 Å². The highest BCUT2D eigenvalue weighted by Gasteiger charge is 2.50. The van der Waals surface area contributed by atoms with E-state index in [1.807, 2.05) is 6.07 Å². The summed E-state index contributed by atoms with van der Waals surface area (Å²) < 4.78 is 25.9. The van der Waals surface area contributed by atoms with Gasteiger partial charge in [0.05, 0.1) is 0 Å². The molecule has 2 rings (SSSR count). The molecule has 0 aromatic heterocycles. The van der Waals surface area contributed by atoms with Crippen molar-refractivity contribution in [1.29, 1.82) is 0 Å². The summed E-state index contributed by atoms with van der Waals surface area (Å²) in [4.78, 5) is 0. The van der Waals surface area contributed by atoms with Gasteiger partial charge < -0.3 is 5.73 Å². The van der Waals surface area contributed by atoms with Gasteiger partial charge in [-0.2, -0.15) is 0 Å². The second-order valence-electron chi connectivity index (χ2n) is 3.87. The number of rotatable bonds is 3. The highest BCUT2D eigenvalue weighted by Crippen LogP contribution is 2.47. The van der Waals surface area contributed by atoms with E-state index >= 15 is 0 Å². The standard InChI is InChI=1S/C11H13F2N/c12-10(13)11(14,9-6-7-9)8-4-2-1-3-5-8/h1-5,9-10H,6-7,14H2. The predicted molar refractivity (Wildman–Crippen MR) is 51.0 cm³/mol. The molecule has 1 fully saturated rings. The van der Waals surface area contributed by atoms with Gasteiger partial charge in [0.15, 0.2) is 0 Å². The van der Waals surface area contributed by atoms with Crippen LogP contribution in [0.5, 0.6) is 0 Å². The summed E-state index contributed by atoms with van der Waals surface area (Å²) in [5.74, 6) is -0.0510. The minimum atomic E-state index is -2.49. The molecular formula is C11H13F2N. The van der Waals surface area contributed by atoms with Gasteiger partial charge in [-0.1, -0.05) is 30.3 Å². The Morgan fingerprint density at radius 1 is 1.21 bits per heavy atom. The number of alkyl halides is 2. The molecule has 0 heterocycles. The first-order valence-electron chi connectivity index (χ1n) is 4.78. The average molecular weight is 197 g/mol. The maximum Gasteiger partial charge on any atom is 0.260 e. The van der Waals surface area contributed by atoms with E-state index in [4.69, 9.17) is 5.73 Å². The Morgan fingerprint density at radius 3 is 2.21 bits per heavy atom. The zero-order chi connectivity index (χ0) is 10.2. The van der Waals surface area contributed by atoms with Crippen molar-refractivity contribution in [3.05, 3.63) is 35.9 Å². The monoisotopic (exact) mass is 197 g/mol. The third-order valence-corrected chi connectivity index (χ3v) is 2.89. The average Bonchev–Trinajstić information content (AvgIpc) is 3.01. The molecular weight excluding hydrogens is 184 g/mol. The molecule has 76 valence electrons. The van der Waals surface area contributed by atoms with Crippen LogP contribution in [0.15, 0.2) is 30.3 Å². The summed E-state index contributed by atoms with van der Waals surface area (Å²) in [6.45, 7) is 0. The minimum Gasteiger partial charge on any atom is -0.316 e. The largest absolute Gasteiger partial charge is 0.316 e. The number of hydrogen-bond donors (Lipinski definition) is 1. The van der Waals surface area contributed by atoms with Gasteiger partial charge >= 0.3 is 0 Å². The maximum absolute atomic E-state index is 12.9. The number of halogens is 2. The molecule has 1 aliphatic rings. The van der Waals surface area contributed by atoms with Crippen LogP contribution in [0.3, 0.4) is 0 Å². The highest BCUT2D eigenvalue weighted by molar-refractivity contribution is 5.27. The van der Waals surface area contributed by atoms with Crippen molar-refractivity contribution in [3.63, 3.8) is 0 Å². The molecule has 0 saturated heterocycles. The molecule has 3 heteroatoms. The van der Waals surface area contributed by atoms with Crippen LogP contribution in [0.1, 0.15) is 18.4 Å². The van der Waals surface area contributed by atoms with Gasteiger partial charge in [-0.3, -0.25) is 0 Å². The Balaban J connectivity index is 2.36. The third-order valence-electron chi connectivity index (χ3n) is 2.89. The first kappa shape index (κ1) is 9.59. The first-order valence-corrected chi connectivity index (χ1v) is 4.78. The predicted octanol–water partition coefficient (Wildman–Crippen LogP) is 2.52. The van der Waals surface area contributed by atoms with Gasteiger partial charge in [-0.05, 0) is 24.3 Å². The van der Waals surface area contributed by atoms with Gasteiger partial charge in [0.1, 0.15) is 5.54 Å². The van der Waals surface area contributed by atoms with Gasteiger partial charge in [0, 0.05) is 0 Å². The van der Waals surface area contributed by atoms with Gasteiger partial charge in [-0.15, -0.1) is 0 Å². The van der Waals surface area contributed by atoms with E-state index < -0.39 is 12.0 Å². The molecule has 14 heavy (non-hydrogen) atoms. The van der Waals surface area contributed by atoms with E-state index in [2.05, 4.69) is 0 Å². The molecule has 1 saturated carbocycles. The normalized spacial score (nSPS) is 20.9. The zero-order valence-corrected chi connectivity index (χ0v) is 7.79. The summed E-state index contributed by atoms with van der Waals surface area (Å²) in [5, 5.41) is 0. The van der Waals surface area contributed by atoms with E-state index in [-0.39, 0.29) is 5.92 Å². The fourth-order valence-corrected chi connectivity index (χ4v) is 1.83. The lowest BCUT2D eigenvalue weighted by atomic mass is 9.86. The summed E-state index contributed by atoms with van der Waals surface area (Å²) in [7, 11) is 0. The fourth-order valence-electron chi connectivity index (χ4n) is 1.83. The lowest BCUT2D eigenvalue weighted by Gasteiger charge is -2.29. The summed E-state index contributed by atoms with van der Waals surface area (Å²) in [6.07, 6.45) is -0.858. The molecule has 0 amide bonds. The second-order valence-corrected chi connectivity index (χ2v) is 3.87. The molecule has 0 bridgehead atoms. The Hall–Kier alpha value is -0.960. The van der Waals surface area contributed by atoms with Crippen molar-refractivity contribution < 1.29 is 8.78 Å². The molecule has 2 N–H and O–H groups in total. The van der Waals surface area contributed by atoms with Crippen molar-refractivity contribution >= 4 is 0 Å². The van der Waals surface area contributed by atoms with Crippen LogP contribution in [-0.2, 0) is 5.54 Å². The highest BCUT2D eigenvalue weighted by atomic mass is 19.3. The van der Waals surface area contributed by atoms with Gasteiger partial charge in [0.2, 0.25) is 0 Å². The quantitative estimate of drug-likeness (QED) is 0.791. The van der Waals surface area contributed by atoms with Gasteiger partial charge in [0.25, 0.3) is 6.43 Å². The Kier molecular flexibility index (Phi) is 2.27. The molecule has 0 spiro atoms. The van der Waals surface area contributed by atoms with Crippen LogP contribution in [0.2, 0.25) is 0 Å². The summed E-state index contributed by atoms with van der Waals surface area (Å²) >= 11 is 0. The zero-order valence-electron chi connectivity index (χ0n) is 7.79. The number of hydrogen-bond acceptors (Lipinski definition) is 1. The summed E-state index contributed by atoms with van der Waals surface area (Å²) in [5.41, 5.74) is 4.94. The smallest absolute Gasteiger partial charge is 0.260 e. The van der Waals surface area contributed by atoms with Crippen LogP contribution in [-0.4, -0.2) is 6.43 Å². The maximum atomic E-state index is 12.9. The van der Waals surface area contributed by atoms with Crippen molar-refractivity contribution in [3.8, 4) is 0 Å². The van der Waals surface area contributed by atoms with Crippen LogP contribution < -0.4 is 5.73 Å². The van der Waals surface area contributed by atoms with Crippen LogP contribution in [0.25, 0.3) is 0 Å². The molecule has 1 aromatic carbocycles. The van der Waals surface area contributed by atoms with E-state index in [0.717, 1.165) is 12.8 Å². The molecule has 1 unspecified atom stereocenters. The number of benzene rings is 1. The lowest BCUT2D eigenvalue weighted by molar-refractivity contribution is 0.0383. The molecule has 1 aromatic rings. The molecule has 1 aliphatic carbocycles. The van der Waals surface area contributed by atoms with Crippen molar-refractivity contribution in [1.82, 2.24) is 0 Å². The topological polar surface area (TPSA) is 26.0 Å². The van der Waals surface area contributed by atoms with Crippen LogP contribution >= 0.6 is 0 Å².